The lowest BCUT2D eigenvalue weighted by Gasteiger charge is -2.27. The van der Waals surface area contributed by atoms with Gasteiger partial charge in [0.2, 0.25) is 0 Å². The molecular weight excluding hydrogens is 352 g/mol. The quantitative estimate of drug-likeness (QED) is 0.784. The molecule has 0 atom stereocenters. The van der Waals surface area contributed by atoms with E-state index in [0.717, 1.165) is 31.7 Å². The normalized spacial score (nSPS) is 15.4. The first-order chi connectivity index (χ1) is 13.5. The number of aromatic nitrogens is 3. The van der Waals surface area contributed by atoms with E-state index in [-0.39, 0.29) is 17.3 Å². The Morgan fingerprint density at radius 1 is 1.18 bits per heavy atom. The molecule has 2 aromatic heterocycles. The number of hydrogen-bond donors (Lipinski definition) is 2. The molecule has 0 aromatic carbocycles. The summed E-state index contributed by atoms with van der Waals surface area (Å²) < 4.78 is 0. The molecule has 1 aliphatic heterocycles. The molecule has 144 valence electrons. The monoisotopic (exact) mass is 376 g/mol. The lowest BCUT2D eigenvalue weighted by atomic mass is 10.1. The van der Waals surface area contributed by atoms with Gasteiger partial charge in [0.1, 0.15) is 29.0 Å². The average Bonchev–Trinajstić information content (AvgIpc) is 2.67. The zero-order valence-corrected chi connectivity index (χ0v) is 16.2. The maximum absolute atomic E-state index is 9.56. The highest BCUT2D eigenvalue weighted by Gasteiger charge is 2.18. The summed E-state index contributed by atoms with van der Waals surface area (Å²) in [6.07, 6.45) is 5.27. The van der Waals surface area contributed by atoms with Crippen LogP contribution in [0.25, 0.3) is 11.4 Å². The highest BCUT2D eigenvalue weighted by atomic mass is 15.2. The Balaban J connectivity index is 2.05. The van der Waals surface area contributed by atoms with Gasteiger partial charge < -0.3 is 16.4 Å². The predicted octanol–water partition coefficient (Wildman–Crippen LogP) is 2.94. The number of hydrogen-bond acceptors (Lipinski definition) is 8. The summed E-state index contributed by atoms with van der Waals surface area (Å²) in [5.41, 5.74) is 14.1. The Bertz CT molecular complexity index is 961. The van der Waals surface area contributed by atoms with Crippen LogP contribution in [0.4, 0.5) is 17.6 Å². The molecule has 8 heteroatoms. The Morgan fingerprint density at radius 3 is 2.61 bits per heavy atom. The highest BCUT2D eigenvalue weighted by molar-refractivity contribution is 5.94. The second kappa shape index (κ2) is 8.48. The van der Waals surface area contributed by atoms with Gasteiger partial charge in [0.05, 0.1) is 5.69 Å². The van der Waals surface area contributed by atoms with Crippen molar-refractivity contribution in [2.45, 2.75) is 33.1 Å². The summed E-state index contributed by atoms with van der Waals surface area (Å²) >= 11 is 0. The fourth-order valence-corrected chi connectivity index (χ4v) is 3.19. The van der Waals surface area contributed by atoms with Gasteiger partial charge in [-0.2, -0.15) is 10.2 Å². The van der Waals surface area contributed by atoms with Gasteiger partial charge in [-0.3, -0.25) is 0 Å². The van der Waals surface area contributed by atoms with Crippen molar-refractivity contribution in [3.63, 3.8) is 0 Å². The SMILES string of the molecule is CC(N)=CC(C)=Nc1nc(N)c(C#N)c(-c2cccc(N3CCCCC3)n2)n1. The molecule has 0 radical (unpaired) electrons. The first-order valence-corrected chi connectivity index (χ1v) is 9.27. The van der Waals surface area contributed by atoms with Crippen molar-refractivity contribution < 1.29 is 0 Å². The number of rotatable bonds is 4. The molecule has 28 heavy (non-hydrogen) atoms. The van der Waals surface area contributed by atoms with Crippen LogP contribution in [0.3, 0.4) is 0 Å². The molecule has 0 saturated carbocycles. The second-order valence-electron chi connectivity index (χ2n) is 6.81. The van der Waals surface area contributed by atoms with E-state index in [0.29, 0.717) is 22.8 Å². The summed E-state index contributed by atoms with van der Waals surface area (Å²) in [6, 6.07) is 7.80. The summed E-state index contributed by atoms with van der Waals surface area (Å²) in [5.74, 6) is 1.13. The van der Waals surface area contributed by atoms with Crippen LogP contribution >= 0.6 is 0 Å². The van der Waals surface area contributed by atoms with Crippen LogP contribution in [0, 0.1) is 11.3 Å². The molecule has 3 rings (SSSR count). The number of pyridine rings is 1. The van der Waals surface area contributed by atoms with Crippen LogP contribution < -0.4 is 16.4 Å². The van der Waals surface area contributed by atoms with Crippen LogP contribution in [-0.4, -0.2) is 33.8 Å². The van der Waals surface area contributed by atoms with Gasteiger partial charge in [0, 0.05) is 24.5 Å². The van der Waals surface area contributed by atoms with E-state index < -0.39 is 0 Å². The third-order valence-corrected chi connectivity index (χ3v) is 4.41. The third kappa shape index (κ3) is 4.43. The Kier molecular flexibility index (Phi) is 5.84. The molecular formula is C20H24N8. The number of nitrogen functional groups attached to an aromatic ring is 1. The van der Waals surface area contributed by atoms with Crippen molar-refractivity contribution in [3.05, 3.63) is 35.5 Å². The number of piperidine rings is 1. The number of allylic oxidation sites excluding steroid dienone is 2. The summed E-state index contributed by atoms with van der Waals surface area (Å²) in [4.78, 5) is 19.9. The molecule has 1 aliphatic rings. The zero-order chi connectivity index (χ0) is 20.1. The van der Waals surface area contributed by atoms with Crippen LogP contribution in [0.1, 0.15) is 38.7 Å². The molecule has 0 spiro atoms. The van der Waals surface area contributed by atoms with E-state index in [9.17, 15) is 5.26 Å². The lowest BCUT2D eigenvalue weighted by Crippen LogP contribution is -2.30. The number of nitrogens with two attached hydrogens (primary N) is 2. The zero-order valence-electron chi connectivity index (χ0n) is 16.2. The molecule has 2 aromatic rings. The van der Waals surface area contributed by atoms with Crippen molar-refractivity contribution in [3.8, 4) is 17.5 Å². The molecule has 0 amide bonds. The van der Waals surface area contributed by atoms with Crippen molar-refractivity contribution >= 4 is 23.3 Å². The number of aliphatic imine (C=N–C) groups is 1. The highest BCUT2D eigenvalue weighted by Crippen LogP contribution is 2.28. The molecule has 4 N–H and O–H groups in total. The Labute approximate surface area is 164 Å². The fraction of sp³-hybridized carbons (Fsp3) is 0.350. The molecule has 1 fully saturated rings. The molecule has 0 bridgehead atoms. The van der Waals surface area contributed by atoms with E-state index in [2.05, 4.69) is 25.9 Å². The standard InChI is InChI=1S/C20H24N8/c1-13(22)11-14(2)24-20-26-18(15(12-21)19(23)27-20)16-7-6-8-17(25-16)28-9-4-3-5-10-28/h6-8,11H,3-5,9-10,22H2,1-2H3,(H2,23,26,27). The molecule has 8 nitrogen and oxygen atoms in total. The average molecular weight is 376 g/mol. The molecule has 0 unspecified atom stereocenters. The van der Waals surface area contributed by atoms with Gasteiger partial charge in [0.15, 0.2) is 0 Å². The van der Waals surface area contributed by atoms with Crippen LogP contribution in [0.15, 0.2) is 35.0 Å². The van der Waals surface area contributed by atoms with Gasteiger partial charge in [-0.25, -0.2) is 15.0 Å². The van der Waals surface area contributed by atoms with Crippen molar-refractivity contribution in [1.82, 2.24) is 15.0 Å². The molecule has 3 heterocycles. The maximum Gasteiger partial charge on any atom is 0.252 e. The fourth-order valence-electron chi connectivity index (χ4n) is 3.19. The van der Waals surface area contributed by atoms with Crippen LogP contribution in [0.2, 0.25) is 0 Å². The number of nitriles is 1. The van der Waals surface area contributed by atoms with E-state index in [1.165, 1.54) is 6.42 Å². The summed E-state index contributed by atoms with van der Waals surface area (Å²) in [6.45, 7) is 5.53. The van der Waals surface area contributed by atoms with Crippen LogP contribution in [-0.2, 0) is 0 Å². The largest absolute Gasteiger partial charge is 0.402 e. The van der Waals surface area contributed by atoms with Crippen molar-refractivity contribution in [2.75, 3.05) is 23.7 Å². The maximum atomic E-state index is 9.56. The first-order valence-electron chi connectivity index (χ1n) is 9.27. The van der Waals surface area contributed by atoms with Gasteiger partial charge in [0.25, 0.3) is 5.95 Å². The minimum absolute atomic E-state index is 0.0812. The lowest BCUT2D eigenvalue weighted by molar-refractivity contribution is 0.573. The van der Waals surface area contributed by atoms with E-state index in [1.807, 2.05) is 18.2 Å². The van der Waals surface area contributed by atoms with Gasteiger partial charge in [-0.05, 0) is 51.3 Å². The minimum Gasteiger partial charge on any atom is -0.402 e. The topological polar surface area (TPSA) is 130 Å². The van der Waals surface area contributed by atoms with Crippen LogP contribution in [0.5, 0.6) is 0 Å². The first kappa shape index (κ1) is 19.3. The van der Waals surface area contributed by atoms with E-state index in [1.54, 1.807) is 19.9 Å². The number of anilines is 2. The minimum atomic E-state index is 0.0812. The Morgan fingerprint density at radius 2 is 1.93 bits per heavy atom. The van der Waals surface area contributed by atoms with Gasteiger partial charge >= 0.3 is 0 Å². The molecule has 0 aliphatic carbocycles. The van der Waals surface area contributed by atoms with Gasteiger partial charge in [-0.15, -0.1) is 0 Å². The van der Waals surface area contributed by atoms with Gasteiger partial charge in [-0.1, -0.05) is 6.07 Å². The summed E-state index contributed by atoms with van der Waals surface area (Å²) in [5, 5.41) is 9.56. The Hall–Kier alpha value is -3.47. The molecule has 1 saturated heterocycles. The van der Waals surface area contributed by atoms with Crippen molar-refractivity contribution in [2.24, 2.45) is 10.7 Å². The van der Waals surface area contributed by atoms with E-state index in [4.69, 9.17) is 16.5 Å². The number of nitrogens with zero attached hydrogens (tertiary/aromatic N) is 6. The summed E-state index contributed by atoms with van der Waals surface area (Å²) in [7, 11) is 0. The second-order valence-corrected chi connectivity index (χ2v) is 6.81. The predicted molar refractivity (Wildman–Crippen MR) is 111 cm³/mol. The van der Waals surface area contributed by atoms with E-state index >= 15 is 0 Å². The smallest absolute Gasteiger partial charge is 0.252 e. The third-order valence-electron chi connectivity index (χ3n) is 4.41. The van der Waals surface area contributed by atoms with Crippen molar-refractivity contribution in [1.29, 1.82) is 5.26 Å².